The molecule has 0 aromatic heterocycles. The lowest BCUT2D eigenvalue weighted by Crippen LogP contribution is -2.22. The number of hydrogen-bond donors (Lipinski definition) is 1. The second-order valence-electron chi connectivity index (χ2n) is 5.80. The Hall–Kier alpha value is -2.43. The number of carbonyl (C=O) groups excluding carboxylic acids is 2. The number of hydrogen-bond acceptors (Lipinski definition) is 5. The Kier molecular flexibility index (Phi) is 5.63. The Labute approximate surface area is 130 Å². The number of aryl methyl sites for hydroxylation is 1. The molecule has 0 amide bonds. The summed E-state index contributed by atoms with van der Waals surface area (Å²) in [7, 11) is 1.32. The smallest absolute Gasteiger partial charge is 0.337 e. The molecule has 1 N–H and O–H groups in total. The largest absolute Gasteiger partial charge is 0.465 e. The molecule has 22 heavy (non-hydrogen) atoms. The fourth-order valence-electron chi connectivity index (χ4n) is 1.89. The number of ether oxygens (including phenoxy) is 2. The van der Waals surface area contributed by atoms with Gasteiger partial charge in [-0.15, -0.1) is 0 Å². The summed E-state index contributed by atoms with van der Waals surface area (Å²) < 4.78 is 9.88. The first-order valence-electron chi connectivity index (χ1n) is 6.82. The highest BCUT2D eigenvalue weighted by molar-refractivity contribution is 6.14. The Bertz CT molecular complexity index is 624. The van der Waals surface area contributed by atoms with Gasteiger partial charge in [0.15, 0.2) is 0 Å². The second-order valence-corrected chi connectivity index (χ2v) is 5.80. The third-order valence-electron chi connectivity index (χ3n) is 2.79. The van der Waals surface area contributed by atoms with Crippen LogP contribution in [-0.4, -0.2) is 30.9 Å². The van der Waals surface area contributed by atoms with Crippen molar-refractivity contribution in [3.63, 3.8) is 0 Å². The fourth-order valence-corrected chi connectivity index (χ4v) is 1.89. The van der Waals surface area contributed by atoms with Crippen molar-refractivity contribution in [1.82, 2.24) is 0 Å². The minimum Gasteiger partial charge on any atom is -0.465 e. The van der Waals surface area contributed by atoms with Crippen LogP contribution < -0.4 is 0 Å². The molecule has 0 aliphatic rings. The third kappa shape index (κ3) is 4.84. The molecule has 0 heterocycles. The minimum atomic E-state index is -0.593. The summed E-state index contributed by atoms with van der Waals surface area (Å²) in [5.41, 5.74) is 1.70. The number of carbonyl (C=O) groups is 2. The summed E-state index contributed by atoms with van der Waals surface area (Å²) >= 11 is 0. The first-order valence-corrected chi connectivity index (χ1v) is 6.82. The number of nitrogens with one attached hydrogen (secondary N) is 1. The Morgan fingerprint density at radius 2 is 1.86 bits per heavy atom. The molecular weight excluding hydrogens is 282 g/mol. The van der Waals surface area contributed by atoms with E-state index in [4.69, 9.17) is 10.1 Å². The highest BCUT2D eigenvalue weighted by Crippen LogP contribution is 2.20. The minimum absolute atomic E-state index is 0.420. The van der Waals surface area contributed by atoms with Crippen LogP contribution in [0.2, 0.25) is 0 Å². The van der Waals surface area contributed by atoms with E-state index in [9.17, 15) is 9.59 Å². The van der Waals surface area contributed by atoms with Gasteiger partial charge < -0.3 is 14.9 Å². The van der Waals surface area contributed by atoms with Crippen molar-refractivity contribution in [2.24, 2.45) is 0 Å². The van der Waals surface area contributed by atoms with E-state index in [2.05, 4.69) is 4.74 Å². The van der Waals surface area contributed by atoms with Crippen LogP contribution in [0.5, 0.6) is 0 Å². The summed E-state index contributed by atoms with van der Waals surface area (Å²) in [5.74, 6) is -0.940. The molecule has 0 saturated heterocycles. The van der Waals surface area contributed by atoms with Crippen LogP contribution in [0, 0.1) is 12.3 Å². The molecule has 0 spiro atoms. The van der Waals surface area contributed by atoms with Crippen molar-refractivity contribution < 1.29 is 19.1 Å². The molecule has 118 valence electrons. The molecule has 0 saturated carbocycles. The summed E-state index contributed by atoms with van der Waals surface area (Å²) in [6.07, 6.45) is 2.36. The molecule has 5 nitrogen and oxygen atoms in total. The maximum absolute atomic E-state index is 11.9. The average molecular weight is 303 g/mol. The molecule has 0 fully saturated rings. The molecule has 0 unspecified atom stereocenters. The molecule has 0 aliphatic carbocycles. The van der Waals surface area contributed by atoms with Gasteiger partial charge in [-0.2, -0.15) is 0 Å². The van der Waals surface area contributed by atoms with Crippen molar-refractivity contribution in [3.8, 4) is 0 Å². The van der Waals surface area contributed by atoms with Gasteiger partial charge in [0.05, 0.1) is 12.7 Å². The Morgan fingerprint density at radius 3 is 2.32 bits per heavy atom. The average Bonchev–Trinajstić information content (AvgIpc) is 2.42. The van der Waals surface area contributed by atoms with Crippen LogP contribution in [-0.2, 0) is 14.3 Å². The lowest BCUT2D eigenvalue weighted by molar-refractivity contribution is -0.148. The highest BCUT2D eigenvalue weighted by Gasteiger charge is 2.16. The van der Waals surface area contributed by atoms with E-state index in [0.717, 1.165) is 11.8 Å². The van der Waals surface area contributed by atoms with E-state index in [1.54, 1.807) is 45.9 Å². The molecule has 1 aromatic carbocycles. The summed E-state index contributed by atoms with van der Waals surface area (Å²) in [5, 5.41) is 7.50. The summed E-state index contributed by atoms with van der Waals surface area (Å²) in [6, 6.07) is 4.94. The fraction of sp³-hybridized carbons (Fsp3) is 0.353. The number of esters is 2. The van der Waals surface area contributed by atoms with Crippen LogP contribution in [0.4, 0.5) is 0 Å². The standard InChI is InChI=1S/C17H21NO4/c1-11-8-12(16(20)21-5)6-7-14(11)13(10-18)9-15(19)22-17(2,3)4/h6-10,18H,1-5H3/b13-9+,18-10?. The van der Waals surface area contributed by atoms with Crippen molar-refractivity contribution in [1.29, 1.82) is 5.41 Å². The SMILES string of the molecule is COC(=O)c1ccc(/C(C=N)=C/C(=O)OC(C)(C)C)c(C)c1. The first-order chi connectivity index (χ1) is 10.2. The van der Waals surface area contributed by atoms with Gasteiger partial charge in [0.2, 0.25) is 0 Å². The van der Waals surface area contributed by atoms with Crippen molar-refractivity contribution in [2.75, 3.05) is 7.11 Å². The number of methoxy groups -OCH3 is 1. The number of benzene rings is 1. The van der Waals surface area contributed by atoms with Crippen LogP contribution >= 0.6 is 0 Å². The second kappa shape index (κ2) is 7.02. The lowest BCUT2D eigenvalue weighted by atomic mass is 9.98. The van der Waals surface area contributed by atoms with Crippen molar-refractivity contribution in [3.05, 3.63) is 41.0 Å². The molecule has 0 aliphatic heterocycles. The van der Waals surface area contributed by atoms with Gasteiger partial charge in [-0.1, -0.05) is 6.07 Å². The third-order valence-corrected chi connectivity index (χ3v) is 2.79. The van der Waals surface area contributed by atoms with E-state index >= 15 is 0 Å². The van der Waals surface area contributed by atoms with Crippen LogP contribution in [0.25, 0.3) is 5.57 Å². The maximum atomic E-state index is 11.9. The molecule has 1 rings (SSSR count). The van der Waals surface area contributed by atoms with Gasteiger partial charge in [-0.05, 0) is 51.0 Å². The van der Waals surface area contributed by atoms with Gasteiger partial charge in [0.25, 0.3) is 0 Å². The molecular formula is C17H21NO4. The van der Waals surface area contributed by atoms with Gasteiger partial charge in [0.1, 0.15) is 5.60 Å². The number of allylic oxidation sites excluding steroid dienone is 1. The highest BCUT2D eigenvalue weighted by atomic mass is 16.6. The van der Waals surface area contributed by atoms with Gasteiger partial charge in [-0.25, -0.2) is 9.59 Å². The zero-order valence-electron chi connectivity index (χ0n) is 13.5. The monoisotopic (exact) mass is 303 g/mol. The van der Waals surface area contributed by atoms with E-state index < -0.39 is 17.5 Å². The van der Waals surface area contributed by atoms with Crippen molar-refractivity contribution in [2.45, 2.75) is 33.3 Å². The summed E-state index contributed by atoms with van der Waals surface area (Å²) in [6.45, 7) is 7.13. The number of rotatable bonds is 4. The lowest BCUT2D eigenvalue weighted by Gasteiger charge is -2.18. The molecule has 0 radical (unpaired) electrons. The zero-order chi connectivity index (χ0) is 16.9. The van der Waals surface area contributed by atoms with Crippen LogP contribution in [0.15, 0.2) is 24.3 Å². The zero-order valence-corrected chi connectivity index (χ0v) is 13.5. The Balaban J connectivity index is 3.13. The quantitative estimate of drug-likeness (QED) is 0.526. The summed E-state index contributed by atoms with van der Waals surface area (Å²) in [4.78, 5) is 23.4. The van der Waals surface area contributed by atoms with Gasteiger partial charge in [0, 0.05) is 17.9 Å². The maximum Gasteiger partial charge on any atom is 0.337 e. The predicted molar refractivity (Wildman–Crippen MR) is 85.1 cm³/mol. The normalized spacial score (nSPS) is 11.8. The molecule has 1 aromatic rings. The van der Waals surface area contributed by atoms with Crippen LogP contribution in [0.3, 0.4) is 0 Å². The first kappa shape index (κ1) is 17.6. The van der Waals surface area contributed by atoms with E-state index in [-0.39, 0.29) is 0 Å². The molecule has 0 atom stereocenters. The topological polar surface area (TPSA) is 76.5 Å². The van der Waals surface area contributed by atoms with E-state index in [0.29, 0.717) is 16.7 Å². The Morgan fingerprint density at radius 1 is 1.23 bits per heavy atom. The van der Waals surface area contributed by atoms with E-state index in [1.165, 1.54) is 13.2 Å². The van der Waals surface area contributed by atoms with Gasteiger partial charge in [-0.3, -0.25) is 0 Å². The van der Waals surface area contributed by atoms with Crippen LogP contribution in [0.1, 0.15) is 42.3 Å². The van der Waals surface area contributed by atoms with Crippen molar-refractivity contribution >= 4 is 23.7 Å². The molecule has 5 heteroatoms. The van der Waals surface area contributed by atoms with Gasteiger partial charge >= 0.3 is 11.9 Å². The predicted octanol–water partition coefficient (Wildman–Crippen LogP) is 3.16. The molecule has 0 bridgehead atoms. The van der Waals surface area contributed by atoms with E-state index in [1.807, 2.05) is 0 Å².